The summed E-state index contributed by atoms with van der Waals surface area (Å²) in [6.07, 6.45) is 0. The molecule has 1 heterocycles. The Labute approximate surface area is 171 Å². The van der Waals surface area contributed by atoms with Gasteiger partial charge in [-0.15, -0.1) is 0 Å². The van der Waals surface area contributed by atoms with E-state index in [1.54, 1.807) is 31.4 Å². The van der Waals surface area contributed by atoms with Crippen LogP contribution in [0.5, 0.6) is 5.75 Å². The smallest absolute Gasteiger partial charge is 0.319 e. The first kappa shape index (κ1) is 20.5. The average molecular weight is 393 g/mol. The number of benzene rings is 2. The molecule has 0 unspecified atom stereocenters. The number of carbonyl (C=O) groups is 2. The van der Waals surface area contributed by atoms with Crippen LogP contribution in [0.1, 0.15) is 37.9 Å². The topological polar surface area (TPSA) is 79.5 Å². The maximum atomic E-state index is 13.1. The van der Waals surface area contributed by atoms with Crippen molar-refractivity contribution >= 4 is 17.6 Å². The zero-order chi connectivity index (χ0) is 21.2. The van der Waals surface area contributed by atoms with Crippen LogP contribution in [0.15, 0.2) is 60.8 Å². The zero-order valence-corrected chi connectivity index (χ0v) is 17.2. The quantitative estimate of drug-likeness (QED) is 0.731. The highest BCUT2D eigenvalue weighted by Gasteiger charge is 2.37. The summed E-state index contributed by atoms with van der Waals surface area (Å²) in [6, 6.07) is 14.2. The minimum absolute atomic E-state index is 0.0185. The number of methoxy groups -OCH3 is 1. The lowest BCUT2D eigenvalue weighted by atomic mass is 9.84. The third-order valence-corrected chi connectivity index (χ3v) is 5.05. The van der Waals surface area contributed by atoms with Gasteiger partial charge in [-0.1, -0.05) is 51.6 Å². The van der Waals surface area contributed by atoms with E-state index in [0.717, 1.165) is 5.56 Å². The van der Waals surface area contributed by atoms with E-state index < -0.39 is 12.0 Å². The van der Waals surface area contributed by atoms with Crippen LogP contribution in [-0.2, 0) is 10.2 Å². The van der Waals surface area contributed by atoms with E-state index in [1.165, 1.54) is 5.56 Å². The second-order valence-corrected chi connectivity index (χ2v) is 8.17. The average Bonchev–Trinajstić information content (AvgIpc) is 2.67. The third-order valence-electron chi connectivity index (χ3n) is 5.05. The van der Waals surface area contributed by atoms with Crippen LogP contribution in [0.25, 0.3) is 0 Å². The fraction of sp³-hybridized carbons (Fsp3) is 0.304. The third kappa shape index (κ3) is 4.59. The van der Waals surface area contributed by atoms with Crippen molar-refractivity contribution in [2.24, 2.45) is 5.92 Å². The van der Waals surface area contributed by atoms with E-state index in [0.29, 0.717) is 17.1 Å². The van der Waals surface area contributed by atoms with Gasteiger partial charge in [0.1, 0.15) is 11.7 Å². The zero-order valence-electron chi connectivity index (χ0n) is 17.2. The first-order valence-corrected chi connectivity index (χ1v) is 9.50. The number of hydrogen-bond acceptors (Lipinski definition) is 3. The summed E-state index contributed by atoms with van der Waals surface area (Å²) in [5.41, 5.74) is 3.06. The van der Waals surface area contributed by atoms with Crippen LogP contribution < -0.4 is 20.7 Å². The normalized spacial score (nSPS) is 19.2. The molecule has 2 atom stereocenters. The van der Waals surface area contributed by atoms with Crippen LogP contribution in [0, 0.1) is 5.92 Å². The lowest BCUT2D eigenvalue weighted by molar-refractivity contribution is -0.119. The fourth-order valence-corrected chi connectivity index (χ4v) is 3.36. The first-order chi connectivity index (χ1) is 13.7. The Morgan fingerprint density at radius 1 is 1.07 bits per heavy atom. The minimum atomic E-state index is -0.657. The van der Waals surface area contributed by atoms with Gasteiger partial charge in [0.05, 0.1) is 13.2 Å². The van der Waals surface area contributed by atoms with Crippen LogP contribution in [-0.4, -0.2) is 19.0 Å². The highest BCUT2D eigenvalue weighted by Crippen LogP contribution is 2.32. The summed E-state index contributed by atoms with van der Waals surface area (Å²) < 4.78 is 5.14. The van der Waals surface area contributed by atoms with E-state index >= 15 is 0 Å². The highest BCUT2D eigenvalue weighted by atomic mass is 16.5. The first-order valence-electron chi connectivity index (χ1n) is 9.50. The molecule has 29 heavy (non-hydrogen) atoms. The van der Waals surface area contributed by atoms with Gasteiger partial charge in [0, 0.05) is 11.4 Å². The summed E-state index contributed by atoms with van der Waals surface area (Å²) in [6.45, 7) is 10.3. The predicted octanol–water partition coefficient (Wildman–Crippen LogP) is 4.12. The largest absolute Gasteiger partial charge is 0.497 e. The van der Waals surface area contributed by atoms with E-state index in [-0.39, 0.29) is 17.4 Å². The molecule has 0 radical (unpaired) electrons. The van der Waals surface area contributed by atoms with Gasteiger partial charge < -0.3 is 20.7 Å². The molecule has 3 amide bonds. The van der Waals surface area contributed by atoms with Crippen molar-refractivity contribution in [2.75, 3.05) is 12.4 Å². The Kier molecular flexibility index (Phi) is 5.64. The summed E-state index contributed by atoms with van der Waals surface area (Å²) in [7, 11) is 1.59. The van der Waals surface area contributed by atoms with Crippen LogP contribution in [0.3, 0.4) is 0 Å². The molecule has 0 spiro atoms. The Morgan fingerprint density at radius 3 is 2.24 bits per heavy atom. The lowest BCUT2D eigenvalue weighted by Crippen LogP contribution is -2.51. The molecule has 0 bridgehead atoms. The van der Waals surface area contributed by atoms with Gasteiger partial charge in [0.2, 0.25) is 5.91 Å². The molecule has 6 nitrogen and oxygen atoms in total. The van der Waals surface area contributed by atoms with Gasteiger partial charge in [0.15, 0.2) is 0 Å². The Hall–Kier alpha value is -3.28. The van der Waals surface area contributed by atoms with Crippen LogP contribution in [0.4, 0.5) is 10.5 Å². The monoisotopic (exact) mass is 393 g/mol. The Morgan fingerprint density at radius 2 is 1.69 bits per heavy atom. The molecule has 0 aliphatic carbocycles. The SMILES string of the molecule is C=C1NC(=O)N[C@@H](c2ccc(C(C)(C)C)cc2)[C@@H]1C(=O)Nc1ccc(OC)cc1. The van der Waals surface area contributed by atoms with Crippen molar-refractivity contribution in [2.45, 2.75) is 32.2 Å². The van der Waals surface area contributed by atoms with Gasteiger partial charge in [0.25, 0.3) is 0 Å². The highest BCUT2D eigenvalue weighted by molar-refractivity contribution is 5.97. The number of hydrogen-bond donors (Lipinski definition) is 3. The molecule has 1 fully saturated rings. The van der Waals surface area contributed by atoms with Gasteiger partial charge in [-0.2, -0.15) is 0 Å². The van der Waals surface area contributed by atoms with Crippen molar-refractivity contribution in [1.82, 2.24) is 10.6 Å². The molecule has 0 saturated carbocycles. The van der Waals surface area contributed by atoms with Gasteiger partial charge in [-0.25, -0.2) is 4.79 Å². The van der Waals surface area contributed by atoms with E-state index in [1.807, 2.05) is 24.3 Å². The second-order valence-electron chi connectivity index (χ2n) is 8.17. The number of ether oxygens (including phenoxy) is 1. The van der Waals surface area contributed by atoms with Crippen molar-refractivity contribution in [1.29, 1.82) is 0 Å². The molecule has 0 aromatic heterocycles. The Balaban J connectivity index is 1.86. The molecular formula is C23H27N3O3. The van der Waals surface area contributed by atoms with Crippen LogP contribution in [0.2, 0.25) is 0 Å². The van der Waals surface area contributed by atoms with E-state index in [4.69, 9.17) is 4.74 Å². The Bertz CT molecular complexity index is 912. The summed E-state index contributed by atoms with van der Waals surface area (Å²) >= 11 is 0. The molecule has 1 aliphatic rings. The maximum Gasteiger partial charge on any atom is 0.319 e. The minimum Gasteiger partial charge on any atom is -0.497 e. The van der Waals surface area contributed by atoms with Gasteiger partial charge in [-0.3, -0.25) is 4.79 Å². The number of urea groups is 1. The maximum absolute atomic E-state index is 13.1. The number of rotatable bonds is 4. The predicted molar refractivity (Wildman–Crippen MR) is 114 cm³/mol. The molecule has 3 rings (SSSR count). The summed E-state index contributed by atoms with van der Waals surface area (Å²) in [5, 5.41) is 8.39. The lowest BCUT2D eigenvalue weighted by Gasteiger charge is -2.34. The summed E-state index contributed by atoms with van der Waals surface area (Å²) in [5.74, 6) is -0.205. The molecule has 1 saturated heterocycles. The standard InChI is InChI=1S/C23H27N3O3/c1-14-19(21(27)25-17-10-12-18(29-5)13-11-17)20(26-22(28)24-14)15-6-8-16(9-7-15)23(2,3)4/h6-13,19-20H,1H2,2-5H3,(H,25,27)(H2,24,26,28)/t19-,20+/m1/s1. The molecule has 1 aliphatic heterocycles. The van der Waals surface area contributed by atoms with E-state index in [2.05, 4.69) is 43.3 Å². The number of anilines is 1. The van der Waals surface area contributed by atoms with Crippen molar-refractivity contribution in [3.8, 4) is 5.75 Å². The van der Waals surface area contributed by atoms with Crippen molar-refractivity contribution in [3.05, 3.63) is 71.9 Å². The van der Waals surface area contributed by atoms with Gasteiger partial charge in [-0.05, 0) is 40.8 Å². The van der Waals surface area contributed by atoms with Crippen molar-refractivity contribution in [3.63, 3.8) is 0 Å². The van der Waals surface area contributed by atoms with E-state index in [9.17, 15) is 9.59 Å². The van der Waals surface area contributed by atoms with Crippen LogP contribution >= 0.6 is 0 Å². The van der Waals surface area contributed by atoms with Crippen molar-refractivity contribution < 1.29 is 14.3 Å². The molecule has 3 N–H and O–H groups in total. The second kappa shape index (κ2) is 7.99. The van der Waals surface area contributed by atoms with Gasteiger partial charge >= 0.3 is 6.03 Å². The fourth-order valence-electron chi connectivity index (χ4n) is 3.36. The number of nitrogens with one attached hydrogen (secondary N) is 3. The summed E-state index contributed by atoms with van der Waals surface area (Å²) in [4.78, 5) is 25.1. The molecule has 152 valence electrons. The number of carbonyl (C=O) groups excluding carboxylic acids is 2. The number of amides is 3. The molecule has 6 heteroatoms. The molecular weight excluding hydrogens is 366 g/mol. The molecule has 2 aromatic carbocycles. The molecule has 2 aromatic rings.